The van der Waals surface area contributed by atoms with E-state index in [2.05, 4.69) is 5.32 Å². The standard InChI is InChI=1S/C15H13Cl2FN2O/c16-12-3-1-10(6-13(12)17)8-20-15(21)11-5-9(7-19)2-4-14(11)18/h1-6H,7-8,19H2,(H,20,21). The summed E-state index contributed by atoms with van der Waals surface area (Å²) in [5.74, 6) is -1.09. The molecule has 0 aromatic heterocycles. The Morgan fingerprint density at radius 1 is 1.10 bits per heavy atom. The Labute approximate surface area is 131 Å². The van der Waals surface area contributed by atoms with Crippen molar-refractivity contribution in [1.29, 1.82) is 0 Å². The first-order valence-electron chi connectivity index (χ1n) is 6.22. The van der Waals surface area contributed by atoms with Gasteiger partial charge >= 0.3 is 0 Å². The topological polar surface area (TPSA) is 55.1 Å². The molecule has 0 saturated carbocycles. The number of carbonyl (C=O) groups excluding carboxylic acids is 1. The van der Waals surface area contributed by atoms with Gasteiger partial charge in [0.25, 0.3) is 5.91 Å². The fraction of sp³-hybridized carbons (Fsp3) is 0.133. The van der Waals surface area contributed by atoms with Crippen molar-refractivity contribution in [3.8, 4) is 0 Å². The van der Waals surface area contributed by atoms with E-state index in [-0.39, 0.29) is 18.7 Å². The quantitative estimate of drug-likeness (QED) is 0.903. The molecule has 0 unspecified atom stereocenters. The van der Waals surface area contributed by atoms with Gasteiger partial charge in [-0.1, -0.05) is 35.3 Å². The first-order valence-corrected chi connectivity index (χ1v) is 6.97. The Hall–Kier alpha value is -1.62. The van der Waals surface area contributed by atoms with Crippen LogP contribution in [-0.2, 0) is 13.1 Å². The van der Waals surface area contributed by atoms with Crippen molar-refractivity contribution < 1.29 is 9.18 Å². The number of nitrogens with two attached hydrogens (primary N) is 1. The molecular weight excluding hydrogens is 314 g/mol. The molecule has 1 amide bonds. The van der Waals surface area contributed by atoms with Gasteiger partial charge in [-0.2, -0.15) is 0 Å². The number of hydrogen-bond donors (Lipinski definition) is 2. The number of amides is 1. The third-order valence-corrected chi connectivity index (χ3v) is 3.69. The van der Waals surface area contributed by atoms with Crippen molar-refractivity contribution in [2.75, 3.05) is 0 Å². The molecule has 0 bridgehead atoms. The van der Waals surface area contributed by atoms with Crippen LogP contribution in [0.25, 0.3) is 0 Å². The van der Waals surface area contributed by atoms with Gasteiger partial charge in [-0.3, -0.25) is 4.79 Å². The summed E-state index contributed by atoms with van der Waals surface area (Å²) in [6.45, 7) is 0.468. The van der Waals surface area contributed by atoms with Crippen molar-refractivity contribution in [2.24, 2.45) is 5.73 Å². The average Bonchev–Trinajstić information content (AvgIpc) is 2.48. The summed E-state index contributed by atoms with van der Waals surface area (Å²) in [4.78, 5) is 12.0. The first-order chi connectivity index (χ1) is 10.0. The zero-order valence-electron chi connectivity index (χ0n) is 11.0. The molecule has 0 spiro atoms. The molecule has 2 aromatic carbocycles. The smallest absolute Gasteiger partial charge is 0.254 e. The van der Waals surface area contributed by atoms with Crippen LogP contribution in [0, 0.1) is 5.82 Å². The molecule has 3 N–H and O–H groups in total. The minimum atomic E-state index is -0.584. The number of rotatable bonds is 4. The second-order valence-electron chi connectivity index (χ2n) is 4.45. The van der Waals surface area contributed by atoms with Crippen LogP contribution in [0.3, 0.4) is 0 Å². The lowest BCUT2D eigenvalue weighted by atomic mass is 10.1. The highest BCUT2D eigenvalue weighted by Crippen LogP contribution is 2.22. The lowest BCUT2D eigenvalue weighted by Gasteiger charge is -2.08. The fourth-order valence-corrected chi connectivity index (χ4v) is 2.12. The van der Waals surface area contributed by atoms with Gasteiger partial charge in [-0.05, 0) is 35.4 Å². The van der Waals surface area contributed by atoms with E-state index in [1.54, 1.807) is 24.3 Å². The fourth-order valence-electron chi connectivity index (χ4n) is 1.80. The highest BCUT2D eigenvalue weighted by molar-refractivity contribution is 6.42. The second kappa shape index (κ2) is 6.89. The van der Waals surface area contributed by atoms with Crippen LogP contribution in [0.5, 0.6) is 0 Å². The summed E-state index contributed by atoms with van der Waals surface area (Å²) >= 11 is 11.7. The summed E-state index contributed by atoms with van der Waals surface area (Å²) in [6, 6.07) is 9.25. The lowest BCUT2D eigenvalue weighted by Crippen LogP contribution is -2.24. The maximum atomic E-state index is 13.7. The summed E-state index contributed by atoms with van der Waals surface area (Å²) in [5, 5.41) is 3.47. The largest absolute Gasteiger partial charge is 0.348 e. The molecule has 0 atom stereocenters. The molecule has 21 heavy (non-hydrogen) atoms. The van der Waals surface area contributed by atoms with Crippen molar-refractivity contribution in [3.05, 3.63) is 69.0 Å². The van der Waals surface area contributed by atoms with E-state index in [0.29, 0.717) is 15.6 Å². The molecule has 0 saturated heterocycles. The molecule has 3 nitrogen and oxygen atoms in total. The molecular formula is C15H13Cl2FN2O. The minimum absolute atomic E-state index is 0.0296. The second-order valence-corrected chi connectivity index (χ2v) is 5.26. The normalized spacial score (nSPS) is 10.5. The SMILES string of the molecule is NCc1ccc(F)c(C(=O)NCc2ccc(Cl)c(Cl)c2)c1. The van der Waals surface area contributed by atoms with Crippen molar-refractivity contribution in [2.45, 2.75) is 13.1 Å². The summed E-state index contributed by atoms with van der Waals surface area (Å²) in [6.07, 6.45) is 0. The van der Waals surface area contributed by atoms with Gasteiger partial charge in [-0.15, -0.1) is 0 Å². The maximum Gasteiger partial charge on any atom is 0.254 e. The summed E-state index contributed by atoms with van der Waals surface area (Å²) < 4.78 is 13.7. The van der Waals surface area contributed by atoms with Crippen molar-refractivity contribution in [1.82, 2.24) is 5.32 Å². The summed E-state index contributed by atoms with van der Waals surface area (Å²) in [5.41, 5.74) is 6.92. The van der Waals surface area contributed by atoms with E-state index in [9.17, 15) is 9.18 Å². The van der Waals surface area contributed by atoms with Crippen molar-refractivity contribution in [3.63, 3.8) is 0 Å². The molecule has 6 heteroatoms. The molecule has 110 valence electrons. The number of carbonyl (C=O) groups is 1. The molecule has 0 aliphatic carbocycles. The zero-order chi connectivity index (χ0) is 15.4. The highest BCUT2D eigenvalue weighted by atomic mass is 35.5. The first kappa shape index (κ1) is 15.8. The number of nitrogens with one attached hydrogen (secondary N) is 1. The van der Waals surface area contributed by atoms with E-state index >= 15 is 0 Å². The van der Waals surface area contributed by atoms with E-state index < -0.39 is 11.7 Å². The van der Waals surface area contributed by atoms with Crippen molar-refractivity contribution >= 4 is 29.1 Å². The Kier molecular flexibility index (Phi) is 5.17. The third-order valence-electron chi connectivity index (χ3n) is 2.95. The van der Waals surface area contributed by atoms with Crippen LogP contribution in [0.15, 0.2) is 36.4 Å². The lowest BCUT2D eigenvalue weighted by molar-refractivity contribution is 0.0947. The molecule has 0 radical (unpaired) electrons. The molecule has 0 heterocycles. The third kappa shape index (κ3) is 3.94. The molecule has 0 aliphatic rings. The highest BCUT2D eigenvalue weighted by Gasteiger charge is 2.12. The van der Waals surface area contributed by atoms with Gasteiger partial charge in [0.2, 0.25) is 0 Å². The van der Waals surface area contributed by atoms with Gasteiger partial charge in [-0.25, -0.2) is 4.39 Å². The van der Waals surface area contributed by atoms with Gasteiger partial charge in [0.1, 0.15) is 5.82 Å². The molecule has 2 rings (SSSR count). The Bertz CT molecular complexity index is 677. The van der Waals surface area contributed by atoms with Crippen LogP contribution in [0.4, 0.5) is 4.39 Å². The molecule has 0 fully saturated rings. The van der Waals surface area contributed by atoms with E-state index in [1.165, 1.54) is 12.1 Å². The Morgan fingerprint density at radius 2 is 1.81 bits per heavy atom. The van der Waals surface area contributed by atoms with Crippen LogP contribution in [0.1, 0.15) is 21.5 Å². The maximum absolute atomic E-state index is 13.7. The Morgan fingerprint density at radius 3 is 2.48 bits per heavy atom. The number of benzene rings is 2. The predicted molar refractivity (Wildman–Crippen MR) is 81.9 cm³/mol. The number of halogens is 3. The number of hydrogen-bond acceptors (Lipinski definition) is 2. The molecule has 2 aromatic rings. The zero-order valence-corrected chi connectivity index (χ0v) is 12.5. The van der Waals surface area contributed by atoms with E-state index in [1.807, 2.05) is 0 Å². The monoisotopic (exact) mass is 326 g/mol. The van der Waals surface area contributed by atoms with E-state index in [4.69, 9.17) is 28.9 Å². The van der Waals surface area contributed by atoms with Gasteiger partial charge in [0, 0.05) is 13.1 Å². The van der Waals surface area contributed by atoms with Gasteiger partial charge < -0.3 is 11.1 Å². The van der Waals surface area contributed by atoms with Gasteiger partial charge in [0.05, 0.1) is 15.6 Å². The van der Waals surface area contributed by atoms with Gasteiger partial charge in [0.15, 0.2) is 0 Å². The van der Waals surface area contributed by atoms with Crippen LogP contribution in [0.2, 0.25) is 10.0 Å². The van der Waals surface area contributed by atoms with E-state index in [0.717, 1.165) is 5.56 Å². The predicted octanol–water partition coefficient (Wildman–Crippen LogP) is 3.52. The Balaban J connectivity index is 2.09. The van der Waals surface area contributed by atoms with Crippen LogP contribution < -0.4 is 11.1 Å². The van der Waals surface area contributed by atoms with Crippen LogP contribution >= 0.6 is 23.2 Å². The minimum Gasteiger partial charge on any atom is -0.348 e. The average molecular weight is 327 g/mol. The van der Waals surface area contributed by atoms with Crippen LogP contribution in [-0.4, -0.2) is 5.91 Å². The molecule has 0 aliphatic heterocycles. The summed E-state index contributed by atoms with van der Waals surface area (Å²) in [7, 11) is 0.